The number of carbonyl (C=O) groups is 1. The fourth-order valence-electron chi connectivity index (χ4n) is 3.93. The molecular formula is C23H25ClN6O3S. The van der Waals surface area contributed by atoms with Crippen molar-refractivity contribution < 1.29 is 9.90 Å². The average molecular weight is 501 g/mol. The van der Waals surface area contributed by atoms with Crippen LogP contribution in [0.15, 0.2) is 41.5 Å². The first-order valence-electron chi connectivity index (χ1n) is 11.0. The van der Waals surface area contributed by atoms with Crippen molar-refractivity contribution in [2.45, 2.75) is 26.4 Å². The molecule has 0 saturated carbocycles. The molecule has 1 aliphatic rings. The van der Waals surface area contributed by atoms with E-state index >= 15 is 0 Å². The Balaban J connectivity index is 1.45. The van der Waals surface area contributed by atoms with Crippen LogP contribution in [0.5, 0.6) is 0 Å². The van der Waals surface area contributed by atoms with Gasteiger partial charge in [-0.15, -0.1) is 0 Å². The van der Waals surface area contributed by atoms with Gasteiger partial charge in [-0.2, -0.15) is 4.98 Å². The van der Waals surface area contributed by atoms with E-state index in [1.807, 2.05) is 36.1 Å². The van der Waals surface area contributed by atoms with Crippen LogP contribution in [0.1, 0.15) is 35.8 Å². The summed E-state index contributed by atoms with van der Waals surface area (Å²) in [4.78, 5) is 37.1. The molecule has 1 saturated heterocycles. The second-order valence-electron chi connectivity index (χ2n) is 8.07. The number of nitrogens with one attached hydrogen (secondary N) is 1. The zero-order chi connectivity index (χ0) is 24.4. The molecule has 1 aromatic carbocycles. The van der Waals surface area contributed by atoms with Gasteiger partial charge < -0.3 is 24.8 Å². The van der Waals surface area contributed by atoms with E-state index in [0.717, 1.165) is 5.56 Å². The predicted octanol–water partition coefficient (Wildman–Crippen LogP) is 2.92. The normalized spacial score (nSPS) is 14.8. The Morgan fingerprint density at radius 2 is 1.91 bits per heavy atom. The van der Waals surface area contributed by atoms with Gasteiger partial charge in [-0.25, -0.2) is 9.78 Å². The maximum absolute atomic E-state index is 12.5. The topological polar surface area (TPSA) is 104 Å². The average Bonchev–Trinajstić information content (AvgIpc) is 2.84. The zero-order valence-corrected chi connectivity index (χ0v) is 20.4. The molecule has 0 amide bonds. The molecule has 2 N–H and O–H groups in total. The lowest BCUT2D eigenvalue weighted by Gasteiger charge is -2.37. The molecule has 0 spiro atoms. The van der Waals surface area contributed by atoms with Crippen molar-refractivity contribution in [2.24, 2.45) is 0 Å². The monoisotopic (exact) mass is 500 g/mol. The Bertz CT molecular complexity index is 1290. The van der Waals surface area contributed by atoms with Crippen LogP contribution in [-0.4, -0.2) is 61.8 Å². The molecule has 34 heavy (non-hydrogen) atoms. The van der Waals surface area contributed by atoms with Gasteiger partial charge in [-0.1, -0.05) is 23.7 Å². The third-order valence-corrected chi connectivity index (χ3v) is 6.56. The third kappa shape index (κ3) is 4.83. The van der Waals surface area contributed by atoms with Crippen molar-refractivity contribution in [3.63, 3.8) is 0 Å². The standard InChI is InChI=1S/C23H25ClN6O3S/c1-3-28-13-18(21(32)33)19(31)17-12-25-22(27-20(17)28)29-8-10-30(11-9-29)23(34)26-14(2)15-4-6-16(24)7-5-15/h4-7,12-14H,3,8-11H2,1-2H3,(H,26,34)(H,32,33)/t14-/m1/s1. The lowest BCUT2D eigenvalue weighted by Crippen LogP contribution is -2.52. The molecule has 0 unspecified atom stereocenters. The van der Waals surface area contributed by atoms with Gasteiger partial charge in [0, 0.05) is 50.1 Å². The maximum Gasteiger partial charge on any atom is 0.341 e. The summed E-state index contributed by atoms with van der Waals surface area (Å²) in [6, 6.07) is 7.73. The lowest BCUT2D eigenvalue weighted by molar-refractivity contribution is 0.0695. The van der Waals surface area contributed by atoms with Crippen LogP contribution in [0.2, 0.25) is 5.02 Å². The van der Waals surface area contributed by atoms with Crippen molar-refractivity contribution in [1.82, 2.24) is 24.8 Å². The van der Waals surface area contributed by atoms with Crippen molar-refractivity contribution in [2.75, 3.05) is 31.1 Å². The molecule has 3 aromatic rings. The summed E-state index contributed by atoms with van der Waals surface area (Å²) in [7, 11) is 0. The van der Waals surface area contributed by atoms with Crippen molar-refractivity contribution in [1.29, 1.82) is 0 Å². The van der Waals surface area contributed by atoms with E-state index in [9.17, 15) is 14.7 Å². The SMILES string of the molecule is CCn1cc(C(=O)O)c(=O)c2cnc(N3CCN(C(=S)N[C@H](C)c4ccc(Cl)cc4)CC3)nc21. The number of hydrogen-bond acceptors (Lipinski definition) is 6. The van der Waals surface area contributed by atoms with Crippen molar-refractivity contribution >= 4 is 51.9 Å². The molecule has 1 fully saturated rings. The number of benzene rings is 1. The summed E-state index contributed by atoms with van der Waals surface area (Å²) in [5.74, 6) is -0.755. The maximum atomic E-state index is 12.5. The number of aromatic nitrogens is 3. The number of anilines is 1. The fourth-order valence-corrected chi connectivity index (χ4v) is 4.42. The molecule has 0 radical (unpaired) electrons. The minimum absolute atomic E-state index is 0.0492. The number of hydrogen-bond donors (Lipinski definition) is 2. The third-order valence-electron chi connectivity index (χ3n) is 5.93. The summed E-state index contributed by atoms with van der Waals surface area (Å²) in [5, 5.41) is 14.3. The van der Waals surface area contributed by atoms with Crippen LogP contribution in [0, 0.1) is 0 Å². The summed E-state index contributed by atoms with van der Waals surface area (Å²) in [6.45, 7) is 7.11. The molecule has 0 aliphatic carbocycles. The zero-order valence-electron chi connectivity index (χ0n) is 18.9. The van der Waals surface area contributed by atoms with Gasteiger partial charge in [0.25, 0.3) is 0 Å². The molecule has 2 aromatic heterocycles. The molecule has 11 heteroatoms. The summed E-state index contributed by atoms with van der Waals surface area (Å²) < 4.78 is 1.67. The second-order valence-corrected chi connectivity index (χ2v) is 8.89. The number of pyridine rings is 1. The highest BCUT2D eigenvalue weighted by molar-refractivity contribution is 7.80. The highest BCUT2D eigenvalue weighted by atomic mass is 35.5. The molecule has 1 aliphatic heterocycles. The van der Waals surface area contributed by atoms with E-state index in [2.05, 4.69) is 27.1 Å². The summed E-state index contributed by atoms with van der Waals surface area (Å²) in [6.07, 6.45) is 2.76. The number of carboxylic acid groups (broad SMARTS) is 1. The van der Waals surface area contributed by atoms with E-state index in [1.165, 1.54) is 12.4 Å². The first-order valence-corrected chi connectivity index (χ1v) is 11.8. The van der Waals surface area contributed by atoms with Crippen LogP contribution in [0.25, 0.3) is 11.0 Å². The minimum Gasteiger partial charge on any atom is -0.477 e. The first-order chi connectivity index (χ1) is 16.3. The molecule has 4 rings (SSSR count). The number of piperazine rings is 1. The Kier molecular flexibility index (Phi) is 6.99. The molecule has 0 bridgehead atoms. The molecular weight excluding hydrogens is 476 g/mol. The van der Waals surface area contributed by atoms with Gasteiger partial charge in [0.1, 0.15) is 11.2 Å². The predicted molar refractivity (Wildman–Crippen MR) is 136 cm³/mol. The summed E-state index contributed by atoms with van der Waals surface area (Å²) in [5.41, 5.74) is 0.671. The highest BCUT2D eigenvalue weighted by Gasteiger charge is 2.23. The van der Waals surface area contributed by atoms with E-state index in [-0.39, 0.29) is 17.0 Å². The molecule has 9 nitrogen and oxygen atoms in total. The Morgan fingerprint density at radius 3 is 2.53 bits per heavy atom. The van der Waals surface area contributed by atoms with Gasteiger partial charge in [-0.05, 0) is 43.8 Å². The van der Waals surface area contributed by atoms with E-state index in [0.29, 0.717) is 54.5 Å². The van der Waals surface area contributed by atoms with Crippen molar-refractivity contribution in [3.8, 4) is 0 Å². The quantitative estimate of drug-likeness (QED) is 0.511. The van der Waals surface area contributed by atoms with Gasteiger partial charge in [0.2, 0.25) is 11.4 Å². The molecule has 1 atom stereocenters. The van der Waals surface area contributed by atoms with Gasteiger partial charge in [0.05, 0.1) is 11.4 Å². The van der Waals surface area contributed by atoms with Crippen LogP contribution < -0.4 is 15.6 Å². The fraction of sp³-hybridized carbons (Fsp3) is 0.348. The Hall–Kier alpha value is -3.24. The van der Waals surface area contributed by atoms with Crippen LogP contribution in [-0.2, 0) is 6.54 Å². The Labute approximate surface area is 207 Å². The number of halogens is 1. The van der Waals surface area contributed by atoms with E-state index in [4.69, 9.17) is 23.8 Å². The number of thiocarbonyl (C=S) groups is 1. The van der Waals surface area contributed by atoms with Crippen LogP contribution >= 0.6 is 23.8 Å². The van der Waals surface area contributed by atoms with Gasteiger partial charge in [-0.3, -0.25) is 4.79 Å². The Morgan fingerprint density at radius 1 is 1.24 bits per heavy atom. The van der Waals surface area contributed by atoms with Crippen LogP contribution in [0.4, 0.5) is 5.95 Å². The van der Waals surface area contributed by atoms with Gasteiger partial charge in [0.15, 0.2) is 5.11 Å². The smallest absolute Gasteiger partial charge is 0.341 e. The molecule has 178 valence electrons. The number of rotatable bonds is 5. The lowest BCUT2D eigenvalue weighted by atomic mass is 10.1. The van der Waals surface area contributed by atoms with E-state index in [1.54, 1.807) is 4.57 Å². The number of aromatic carboxylic acids is 1. The van der Waals surface area contributed by atoms with Gasteiger partial charge >= 0.3 is 5.97 Å². The van der Waals surface area contributed by atoms with Crippen molar-refractivity contribution in [3.05, 3.63) is 63.0 Å². The largest absolute Gasteiger partial charge is 0.477 e. The minimum atomic E-state index is -1.26. The van der Waals surface area contributed by atoms with Crippen LogP contribution in [0.3, 0.4) is 0 Å². The molecule has 3 heterocycles. The summed E-state index contributed by atoms with van der Waals surface area (Å²) >= 11 is 11.6. The number of nitrogens with zero attached hydrogens (tertiary/aromatic N) is 5. The van der Waals surface area contributed by atoms with E-state index < -0.39 is 11.4 Å². The second kappa shape index (κ2) is 9.94. The number of aryl methyl sites for hydroxylation is 1. The highest BCUT2D eigenvalue weighted by Crippen LogP contribution is 2.18. The first kappa shape index (κ1) is 23.9. The number of fused-ring (bicyclic) bond motifs is 1. The number of carboxylic acids is 1.